The summed E-state index contributed by atoms with van der Waals surface area (Å²) in [6.45, 7) is 3.40. The van der Waals surface area contributed by atoms with E-state index in [4.69, 9.17) is 0 Å². The van der Waals surface area contributed by atoms with E-state index in [2.05, 4.69) is 24.2 Å². The highest BCUT2D eigenvalue weighted by molar-refractivity contribution is 4.91. The maximum Gasteiger partial charge on any atom is 0.0693 e. The predicted octanol–water partition coefficient (Wildman–Crippen LogP) is 0.582. The third-order valence-electron chi connectivity index (χ3n) is 3.82. The van der Waals surface area contributed by atoms with Gasteiger partial charge < -0.3 is 15.3 Å². The van der Waals surface area contributed by atoms with Crippen LogP contribution in [0.15, 0.2) is 0 Å². The van der Waals surface area contributed by atoms with Gasteiger partial charge in [0.15, 0.2) is 0 Å². The van der Waals surface area contributed by atoms with Crippen LogP contribution in [-0.4, -0.2) is 47.8 Å². The number of aliphatic hydroxyl groups excluding tert-OH is 1. The topological polar surface area (TPSA) is 35.5 Å². The van der Waals surface area contributed by atoms with Gasteiger partial charge in [-0.1, -0.05) is 0 Å². The van der Waals surface area contributed by atoms with Crippen LogP contribution >= 0.6 is 0 Å². The van der Waals surface area contributed by atoms with E-state index in [0.29, 0.717) is 18.1 Å². The molecule has 2 rings (SSSR count). The van der Waals surface area contributed by atoms with Crippen molar-refractivity contribution in [1.82, 2.24) is 10.2 Å². The van der Waals surface area contributed by atoms with Crippen molar-refractivity contribution in [3.63, 3.8) is 0 Å². The predicted molar refractivity (Wildman–Crippen MR) is 57.3 cm³/mol. The minimum atomic E-state index is -0.101. The van der Waals surface area contributed by atoms with Crippen LogP contribution < -0.4 is 5.32 Å². The van der Waals surface area contributed by atoms with Crippen LogP contribution in [0.3, 0.4) is 0 Å². The van der Waals surface area contributed by atoms with Crippen LogP contribution in [-0.2, 0) is 0 Å². The maximum absolute atomic E-state index is 9.70. The van der Waals surface area contributed by atoms with Crippen LogP contribution in [0.2, 0.25) is 0 Å². The first-order valence-corrected chi connectivity index (χ1v) is 5.81. The second-order valence-corrected chi connectivity index (χ2v) is 4.99. The van der Waals surface area contributed by atoms with E-state index in [0.717, 1.165) is 19.4 Å². The van der Waals surface area contributed by atoms with Crippen molar-refractivity contribution < 1.29 is 5.11 Å². The molecule has 82 valence electrons. The summed E-state index contributed by atoms with van der Waals surface area (Å²) in [5.41, 5.74) is 0. The first kappa shape index (κ1) is 10.4. The number of hydrogen-bond acceptors (Lipinski definition) is 3. The molecular weight excluding hydrogens is 176 g/mol. The van der Waals surface area contributed by atoms with Crippen molar-refractivity contribution in [2.24, 2.45) is 0 Å². The Balaban J connectivity index is 1.81. The molecule has 1 aliphatic heterocycles. The lowest BCUT2D eigenvalue weighted by Crippen LogP contribution is -2.43. The summed E-state index contributed by atoms with van der Waals surface area (Å²) in [5, 5.41) is 13.3. The first-order chi connectivity index (χ1) is 6.66. The van der Waals surface area contributed by atoms with E-state index in [1.165, 1.54) is 12.8 Å². The van der Waals surface area contributed by atoms with Gasteiger partial charge in [-0.2, -0.15) is 0 Å². The SMILES string of the molecule is CC1CC(NC2CCCC2O)CN1C. The van der Waals surface area contributed by atoms with Crippen molar-refractivity contribution in [3.05, 3.63) is 0 Å². The average molecular weight is 198 g/mol. The van der Waals surface area contributed by atoms with Crippen LogP contribution in [0.4, 0.5) is 0 Å². The Labute approximate surface area is 86.5 Å². The lowest BCUT2D eigenvalue weighted by Gasteiger charge is -2.21. The number of likely N-dealkylation sites (N-methyl/N-ethyl adjacent to an activating group) is 1. The van der Waals surface area contributed by atoms with Crippen molar-refractivity contribution in [3.8, 4) is 0 Å². The van der Waals surface area contributed by atoms with E-state index in [-0.39, 0.29) is 6.10 Å². The number of aliphatic hydroxyl groups is 1. The minimum absolute atomic E-state index is 0.101. The summed E-state index contributed by atoms with van der Waals surface area (Å²) >= 11 is 0. The Morgan fingerprint density at radius 3 is 2.64 bits per heavy atom. The second kappa shape index (κ2) is 4.17. The van der Waals surface area contributed by atoms with Crippen molar-refractivity contribution >= 4 is 0 Å². The highest BCUT2D eigenvalue weighted by atomic mass is 16.3. The van der Waals surface area contributed by atoms with E-state index in [1.807, 2.05) is 0 Å². The second-order valence-electron chi connectivity index (χ2n) is 4.99. The smallest absolute Gasteiger partial charge is 0.0693 e. The zero-order valence-corrected chi connectivity index (χ0v) is 9.24. The Bertz CT molecular complexity index is 188. The number of hydrogen-bond donors (Lipinski definition) is 2. The van der Waals surface area contributed by atoms with Crippen LogP contribution in [0.1, 0.15) is 32.6 Å². The average Bonchev–Trinajstić information content (AvgIpc) is 2.63. The van der Waals surface area contributed by atoms with E-state index in [1.54, 1.807) is 0 Å². The van der Waals surface area contributed by atoms with Gasteiger partial charge in [0.25, 0.3) is 0 Å². The first-order valence-electron chi connectivity index (χ1n) is 5.81. The summed E-state index contributed by atoms with van der Waals surface area (Å²) in [6.07, 6.45) is 4.43. The van der Waals surface area contributed by atoms with Gasteiger partial charge in [-0.15, -0.1) is 0 Å². The molecule has 2 N–H and O–H groups in total. The van der Waals surface area contributed by atoms with Gasteiger partial charge in [0, 0.05) is 24.7 Å². The molecule has 4 atom stereocenters. The van der Waals surface area contributed by atoms with E-state index >= 15 is 0 Å². The van der Waals surface area contributed by atoms with Gasteiger partial charge >= 0.3 is 0 Å². The molecular formula is C11H22N2O. The molecule has 0 aromatic rings. The molecule has 2 aliphatic rings. The van der Waals surface area contributed by atoms with Gasteiger partial charge in [-0.3, -0.25) is 0 Å². The number of likely N-dealkylation sites (tertiary alicyclic amines) is 1. The minimum Gasteiger partial charge on any atom is -0.392 e. The molecule has 0 radical (unpaired) electrons. The lowest BCUT2D eigenvalue weighted by molar-refractivity contribution is 0.143. The fourth-order valence-corrected chi connectivity index (χ4v) is 2.75. The fraction of sp³-hybridized carbons (Fsp3) is 1.00. The normalized spacial score (nSPS) is 44.8. The quantitative estimate of drug-likeness (QED) is 0.681. The highest BCUT2D eigenvalue weighted by Gasteiger charge is 2.31. The van der Waals surface area contributed by atoms with Crippen molar-refractivity contribution in [1.29, 1.82) is 0 Å². The Hall–Kier alpha value is -0.120. The van der Waals surface area contributed by atoms with Crippen LogP contribution in [0.25, 0.3) is 0 Å². The molecule has 3 heteroatoms. The molecule has 1 saturated carbocycles. The zero-order valence-electron chi connectivity index (χ0n) is 9.24. The van der Waals surface area contributed by atoms with Crippen LogP contribution in [0, 0.1) is 0 Å². The van der Waals surface area contributed by atoms with Gasteiger partial charge in [0.2, 0.25) is 0 Å². The van der Waals surface area contributed by atoms with E-state index < -0.39 is 0 Å². The molecule has 3 nitrogen and oxygen atoms in total. The monoisotopic (exact) mass is 198 g/mol. The molecule has 0 amide bonds. The largest absolute Gasteiger partial charge is 0.392 e. The Morgan fingerprint density at radius 2 is 2.14 bits per heavy atom. The van der Waals surface area contributed by atoms with Crippen LogP contribution in [0.5, 0.6) is 0 Å². The molecule has 0 aromatic carbocycles. The zero-order chi connectivity index (χ0) is 10.1. The highest BCUT2D eigenvalue weighted by Crippen LogP contribution is 2.22. The summed E-state index contributed by atoms with van der Waals surface area (Å²) in [6, 6.07) is 1.64. The maximum atomic E-state index is 9.70. The molecule has 2 fully saturated rings. The van der Waals surface area contributed by atoms with Gasteiger partial charge in [-0.05, 0) is 39.7 Å². The Morgan fingerprint density at radius 1 is 1.36 bits per heavy atom. The Kier molecular flexibility index (Phi) is 3.10. The molecule has 0 aromatic heterocycles. The van der Waals surface area contributed by atoms with Gasteiger partial charge in [-0.25, -0.2) is 0 Å². The fourth-order valence-electron chi connectivity index (χ4n) is 2.75. The summed E-state index contributed by atoms with van der Waals surface area (Å²) in [7, 11) is 2.18. The molecule has 1 aliphatic carbocycles. The number of nitrogens with one attached hydrogen (secondary N) is 1. The molecule has 0 bridgehead atoms. The molecule has 4 unspecified atom stereocenters. The standard InChI is InChI=1S/C11H22N2O/c1-8-6-9(7-13(8)2)12-10-4-3-5-11(10)14/h8-12,14H,3-7H2,1-2H3. The van der Waals surface area contributed by atoms with Crippen molar-refractivity contribution in [2.75, 3.05) is 13.6 Å². The third-order valence-corrected chi connectivity index (χ3v) is 3.82. The lowest BCUT2D eigenvalue weighted by atomic mass is 10.1. The van der Waals surface area contributed by atoms with Crippen molar-refractivity contribution in [2.45, 2.75) is 56.8 Å². The van der Waals surface area contributed by atoms with Gasteiger partial charge in [0.05, 0.1) is 6.10 Å². The summed E-state index contributed by atoms with van der Waals surface area (Å²) in [4.78, 5) is 2.39. The molecule has 14 heavy (non-hydrogen) atoms. The van der Waals surface area contributed by atoms with E-state index in [9.17, 15) is 5.11 Å². The number of rotatable bonds is 2. The molecule has 1 heterocycles. The molecule has 0 spiro atoms. The third kappa shape index (κ3) is 2.10. The van der Waals surface area contributed by atoms with Gasteiger partial charge in [0.1, 0.15) is 0 Å². The number of nitrogens with zero attached hydrogens (tertiary/aromatic N) is 1. The summed E-state index contributed by atoms with van der Waals surface area (Å²) in [5.74, 6) is 0. The summed E-state index contributed by atoms with van der Waals surface area (Å²) < 4.78 is 0. The molecule has 1 saturated heterocycles.